The van der Waals surface area contributed by atoms with Crippen LogP contribution in [0.25, 0.3) is 0 Å². The number of thiophene rings is 1. The maximum atomic E-state index is 13.0. The van der Waals surface area contributed by atoms with E-state index in [0.717, 1.165) is 18.5 Å². The van der Waals surface area contributed by atoms with Crippen molar-refractivity contribution in [3.63, 3.8) is 0 Å². The molecule has 0 saturated carbocycles. The number of nitrogens with zero attached hydrogens (tertiary/aromatic N) is 1. The Morgan fingerprint density at radius 3 is 2.75 bits per heavy atom. The van der Waals surface area contributed by atoms with Gasteiger partial charge in [0.1, 0.15) is 11.9 Å². The van der Waals surface area contributed by atoms with E-state index in [2.05, 4.69) is 16.3 Å². The molecule has 1 aliphatic heterocycles. The number of hydrogen-bond acceptors (Lipinski definition) is 3. The van der Waals surface area contributed by atoms with Gasteiger partial charge in [0.25, 0.3) is 0 Å². The number of halogens is 1. The fourth-order valence-electron chi connectivity index (χ4n) is 2.69. The number of carbonyl (C=O) groups is 1. The minimum absolute atomic E-state index is 0.310. The first-order valence-corrected chi connectivity index (χ1v) is 7.37. The van der Waals surface area contributed by atoms with E-state index in [4.69, 9.17) is 5.73 Å². The molecule has 104 valence electrons. The molecular formula is C15H15FN2OS. The third-order valence-corrected chi connectivity index (χ3v) is 4.68. The van der Waals surface area contributed by atoms with Gasteiger partial charge in [0.2, 0.25) is 5.91 Å². The number of benzene rings is 1. The van der Waals surface area contributed by atoms with E-state index in [0.29, 0.717) is 6.54 Å². The van der Waals surface area contributed by atoms with Gasteiger partial charge in [0, 0.05) is 18.0 Å². The van der Waals surface area contributed by atoms with Crippen molar-refractivity contribution in [2.75, 3.05) is 6.54 Å². The topological polar surface area (TPSA) is 46.3 Å². The van der Waals surface area contributed by atoms with Crippen LogP contribution in [0.4, 0.5) is 4.39 Å². The molecule has 2 N–H and O–H groups in total. The summed E-state index contributed by atoms with van der Waals surface area (Å²) in [5.41, 5.74) is 7.57. The van der Waals surface area contributed by atoms with Crippen molar-refractivity contribution in [3.8, 4) is 0 Å². The maximum absolute atomic E-state index is 13.0. The highest BCUT2D eigenvalue weighted by Gasteiger charge is 2.29. The summed E-state index contributed by atoms with van der Waals surface area (Å²) in [6, 6.07) is 7.59. The highest BCUT2D eigenvalue weighted by molar-refractivity contribution is 7.10. The number of nitrogens with two attached hydrogens (primary N) is 1. The second-order valence-corrected chi connectivity index (χ2v) is 5.95. The van der Waals surface area contributed by atoms with E-state index in [1.165, 1.54) is 22.6 Å². The molecule has 5 heteroatoms. The number of fused-ring (bicyclic) bond motifs is 1. The summed E-state index contributed by atoms with van der Waals surface area (Å²) in [5.74, 6) is -0.703. The van der Waals surface area contributed by atoms with Gasteiger partial charge in [-0.1, -0.05) is 12.1 Å². The number of amides is 1. The molecule has 1 aliphatic rings. The van der Waals surface area contributed by atoms with Gasteiger partial charge in [0.15, 0.2) is 0 Å². The monoisotopic (exact) mass is 290 g/mol. The minimum atomic E-state index is -0.497. The highest BCUT2D eigenvalue weighted by atomic mass is 32.1. The van der Waals surface area contributed by atoms with E-state index in [1.807, 2.05) is 0 Å². The van der Waals surface area contributed by atoms with Gasteiger partial charge in [-0.25, -0.2) is 4.39 Å². The zero-order valence-corrected chi connectivity index (χ0v) is 11.7. The Labute approximate surface area is 120 Å². The lowest BCUT2D eigenvalue weighted by molar-refractivity contribution is -0.123. The second kappa shape index (κ2) is 5.34. The van der Waals surface area contributed by atoms with E-state index in [-0.39, 0.29) is 5.82 Å². The summed E-state index contributed by atoms with van der Waals surface area (Å²) >= 11 is 1.75. The Balaban J connectivity index is 1.89. The number of rotatable bonds is 3. The largest absolute Gasteiger partial charge is 0.368 e. The highest BCUT2D eigenvalue weighted by Crippen LogP contribution is 2.30. The Morgan fingerprint density at radius 2 is 2.05 bits per heavy atom. The normalized spacial score (nSPS) is 16.6. The molecule has 0 bridgehead atoms. The van der Waals surface area contributed by atoms with Crippen LogP contribution in [0.3, 0.4) is 0 Å². The zero-order valence-electron chi connectivity index (χ0n) is 10.9. The predicted molar refractivity (Wildman–Crippen MR) is 76.8 cm³/mol. The lowest BCUT2D eigenvalue weighted by Gasteiger charge is -2.32. The number of carbonyl (C=O) groups excluding carboxylic acids is 1. The predicted octanol–water partition coefficient (Wildman–Crippen LogP) is 2.47. The molecular weight excluding hydrogens is 275 g/mol. The van der Waals surface area contributed by atoms with E-state index in [9.17, 15) is 9.18 Å². The van der Waals surface area contributed by atoms with Crippen LogP contribution in [0, 0.1) is 5.82 Å². The maximum Gasteiger partial charge on any atom is 0.239 e. The molecule has 20 heavy (non-hydrogen) atoms. The van der Waals surface area contributed by atoms with Gasteiger partial charge in [0.05, 0.1) is 0 Å². The molecule has 1 atom stereocenters. The van der Waals surface area contributed by atoms with Crippen molar-refractivity contribution in [1.82, 2.24) is 4.90 Å². The number of primary amides is 1. The van der Waals surface area contributed by atoms with Crippen LogP contribution < -0.4 is 5.73 Å². The molecule has 0 aliphatic carbocycles. The van der Waals surface area contributed by atoms with Crippen molar-refractivity contribution < 1.29 is 9.18 Å². The van der Waals surface area contributed by atoms with Gasteiger partial charge >= 0.3 is 0 Å². The summed E-state index contributed by atoms with van der Waals surface area (Å²) in [5, 5.41) is 2.07. The average molecular weight is 290 g/mol. The van der Waals surface area contributed by atoms with Crippen LogP contribution in [-0.4, -0.2) is 17.4 Å². The summed E-state index contributed by atoms with van der Waals surface area (Å²) in [7, 11) is 0. The van der Waals surface area contributed by atoms with Crippen LogP contribution in [0.5, 0.6) is 0 Å². The average Bonchev–Trinajstić information content (AvgIpc) is 2.88. The van der Waals surface area contributed by atoms with Crippen molar-refractivity contribution in [3.05, 3.63) is 57.5 Å². The molecule has 0 fully saturated rings. The summed E-state index contributed by atoms with van der Waals surface area (Å²) in [6.07, 6.45) is 0.929. The van der Waals surface area contributed by atoms with Crippen LogP contribution in [0.15, 0.2) is 35.7 Å². The lowest BCUT2D eigenvalue weighted by Crippen LogP contribution is -2.40. The Hall–Kier alpha value is -1.72. The minimum Gasteiger partial charge on any atom is -0.368 e. The Morgan fingerprint density at radius 1 is 1.30 bits per heavy atom. The number of hydrogen-bond donors (Lipinski definition) is 1. The first-order chi connectivity index (χ1) is 9.65. The fourth-order valence-corrected chi connectivity index (χ4v) is 3.58. The molecule has 0 spiro atoms. The molecule has 3 rings (SSSR count). The van der Waals surface area contributed by atoms with E-state index in [1.54, 1.807) is 23.5 Å². The zero-order chi connectivity index (χ0) is 14.1. The van der Waals surface area contributed by atoms with Crippen molar-refractivity contribution in [2.45, 2.75) is 19.0 Å². The lowest BCUT2D eigenvalue weighted by atomic mass is 10.0. The van der Waals surface area contributed by atoms with Crippen LogP contribution in [0.1, 0.15) is 22.0 Å². The fraction of sp³-hybridized carbons (Fsp3) is 0.267. The molecule has 2 aromatic rings. The second-order valence-electron chi connectivity index (χ2n) is 4.95. The van der Waals surface area contributed by atoms with Gasteiger partial charge in [-0.05, 0) is 41.1 Å². The van der Waals surface area contributed by atoms with Crippen molar-refractivity contribution in [2.24, 2.45) is 5.73 Å². The van der Waals surface area contributed by atoms with Gasteiger partial charge in [-0.15, -0.1) is 11.3 Å². The molecule has 1 amide bonds. The summed E-state index contributed by atoms with van der Waals surface area (Å²) in [4.78, 5) is 15.3. The van der Waals surface area contributed by atoms with E-state index < -0.39 is 11.9 Å². The molecule has 3 nitrogen and oxygen atoms in total. The summed E-state index contributed by atoms with van der Waals surface area (Å²) in [6.45, 7) is 1.50. The standard InChI is InChI=1S/C15H15FN2OS/c16-12-3-1-10(2-4-12)14(15(17)19)18-7-5-13-11(9-18)6-8-20-13/h1-4,6,8,14H,5,7,9H2,(H2,17,19). The van der Waals surface area contributed by atoms with Gasteiger partial charge in [-0.2, -0.15) is 0 Å². The van der Waals surface area contributed by atoms with Crippen molar-refractivity contribution >= 4 is 17.2 Å². The SMILES string of the molecule is NC(=O)C(c1ccc(F)cc1)N1CCc2sccc2C1. The summed E-state index contributed by atoms with van der Waals surface area (Å²) < 4.78 is 13.0. The first kappa shape index (κ1) is 13.3. The van der Waals surface area contributed by atoms with Crippen LogP contribution in [-0.2, 0) is 17.8 Å². The first-order valence-electron chi connectivity index (χ1n) is 6.49. The van der Waals surface area contributed by atoms with Crippen molar-refractivity contribution in [1.29, 1.82) is 0 Å². The third-order valence-electron chi connectivity index (χ3n) is 3.66. The molecule has 2 heterocycles. The Kier molecular flexibility index (Phi) is 3.54. The third kappa shape index (κ3) is 2.46. The van der Waals surface area contributed by atoms with E-state index >= 15 is 0 Å². The molecule has 1 unspecified atom stereocenters. The smallest absolute Gasteiger partial charge is 0.239 e. The van der Waals surface area contributed by atoms with Crippen LogP contribution >= 0.6 is 11.3 Å². The molecule has 0 saturated heterocycles. The molecule has 1 aromatic heterocycles. The van der Waals surface area contributed by atoms with Gasteiger partial charge < -0.3 is 5.73 Å². The van der Waals surface area contributed by atoms with Gasteiger partial charge in [-0.3, -0.25) is 9.69 Å². The Bertz CT molecular complexity index is 623. The molecule has 0 radical (unpaired) electrons. The molecule has 1 aromatic carbocycles. The van der Waals surface area contributed by atoms with Crippen LogP contribution in [0.2, 0.25) is 0 Å². The quantitative estimate of drug-likeness (QED) is 0.944.